The zero-order valence-electron chi connectivity index (χ0n) is 9.88. The van der Waals surface area contributed by atoms with Crippen LogP contribution in [0.15, 0.2) is 17.6 Å². The Morgan fingerprint density at radius 3 is 3.00 bits per heavy atom. The van der Waals surface area contributed by atoms with Crippen LogP contribution in [-0.4, -0.2) is 26.5 Å². The third-order valence-electron chi connectivity index (χ3n) is 2.20. The Bertz CT molecular complexity index is 552. The largest absolute Gasteiger partial charge is 0.388 e. The smallest absolute Gasteiger partial charge is 0.223 e. The average Bonchev–Trinajstić information content (AvgIpc) is 2.75. The molecule has 18 heavy (non-hydrogen) atoms. The highest BCUT2D eigenvalue weighted by Gasteiger charge is 2.02. The van der Waals surface area contributed by atoms with Crippen LogP contribution in [0.3, 0.4) is 0 Å². The number of hydrogen-bond acceptors (Lipinski definition) is 6. The molecule has 0 aliphatic heterocycles. The fourth-order valence-electron chi connectivity index (χ4n) is 1.38. The molecule has 94 valence electrons. The van der Waals surface area contributed by atoms with E-state index < -0.39 is 0 Å². The third kappa shape index (κ3) is 3.44. The SMILES string of the molecule is Cc1csc(CCNc2nccc(C(N)=S)n2)n1. The van der Waals surface area contributed by atoms with Crippen molar-refractivity contribution < 1.29 is 0 Å². The third-order valence-corrected chi connectivity index (χ3v) is 3.43. The minimum atomic E-state index is 0.274. The van der Waals surface area contributed by atoms with Crippen LogP contribution < -0.4 is 11.1 Å². The Hall–Kier alpha value is -1.60. The summed E-state index contributed by atoms with van der Waals surface area (Å²) in [4.78, 5) is 13.0. The monoisotopic (exact) mass is 279 g/mol. The van der Waals surface area contributed by atoms with Crippen LogP contribution in [0.2, 0.25) is 0 Å². The summed E-state index contributed by atoms with van der Waals surface area (Å²) in [5.41, 5.74) is 7.14. The van der Waals surface area contributed by atoms with E-state index in [2.05, 4.69) is 20.3 Å². The molecule has 0 saturated heterocycles. The Labute approximate surface area is 114 Å². The lowest BCUT2D eigenvalue weighted by Crippen LogP contribution is -2.14. The second-order valence-electron chi connectivity index (χ2n) is 3.69. The molecule has 0 unspecified atom stereocenters. The van der Waals surface area contributed by atoms with Crippen LogP contribution in [-0.2, 0) is 6.42 Å². The Morgan fingerprint density at radius 1 is 1.50 bits per heavy atom. The summed E-state index contributed by atoms with van der Waals surface area (Å²) in [6.45, 7) is 2.72. The quantitative estimate of drug-likeness (QED) is 0.808. The van der Waals surface area contributed by atoms with Gasteiger partial charge in [0.15, 0.2) is 0 Å². The van der Waals surface area contributed by atoms with Crippen LogP contribution in [0.5, 0.6) is 0 Å². The predicted molar refractivity (Wildman–Crippen MR) is 77.0 cm³/mol. The molecule has 5 nitrogen and oxygen atoms in total. The van der Waals surface area contributed by atoms with Gasteiger partial charge in [0.05, 0.1) is 5.01 Å². The summed E-state index contributed by atoms with van der Waals surface area (Å²) in [6, 6.07) is 1.69. The zero-order chi connectivity index (χ0) is 13.0. The number of hydrogen-bond donors (Lipinski definition) is 2. The van der Waals surface area contributed by atoms with Crippen LogP contribution >= 0.6 is 23.6 Å². The second kappa shape index (κ2) is 5.83. The molecule has 0 fully saturated rings. The van der Waals surface area contributed by atoms with Crippen molar-refractivity contribution >= 4 is 34.5 Å². The van der Waals surface area contributed by atoms with E-state index in [4.69, 9.17) is 18.0 Å². The van der Waals surface area contributed by atoms with Crippen molar-refractivity contribution in [3.8, 4) is 0 Å². The van der Waals surface area contributed by atoms with Crippen molar-refractivity contribution in [2.75, 3.05) is 11.9 Å². The number of aromatic nitrogens is 3. The Balaban J connectivity index is 1.90. The van der Waals surface area contributed by atoms with Gasteiger partial charge < -0.3 is 11.1 Å². The highest BCUT2D eigenvalue weighted by molar-refractivity contribution is 7.80. The fourth-order valence-corrected chi connectivity index (χ4v) is 2.27. The van der Waals surface area contributed by atoms with Crippen molar-refractivity contribution in [1.29, 1.82) is 0 Å². The standard InChI is InChI=1S/C11H13N5S2/c1-7-6-18-9(15-7)3-5-14-11-13-4-2-8(16-11)10(12)17/h2,4,6H,3,5H2,1H3,(H2,12,17)(H,13,14,16). The molecule has 2 heterocycles. The van der Waals surface area contributed by atoms with Gasteiger partial charge in [-0.15, -0.1) is 11.3 Å². The Kier molecular flexibility index (Phi) is 4.16. The van der Waals surface area contributed by atoms with E-state index in [1.807, 2.05) is 12.3 Å². The first kappa shape index (κ1) is 12.8. The molecule has 0 saturated carbocycles. The number of aryl methyl sites for hydroxylation is 1. The summed E-state index contributed by atoms with van der Waals surface area (Å²) in [6.07, 6.45) is 2.48. The van der Waals surface area contributed by atoms with E-state index in [1.165, 1.54) is 0 Å². The molecule has 0 aromatic carbocycles. The molecule has 0 aliphatic carbocycles. The van der Waals surface area contributed by atoms with E-state index in [9.17, 15) is 0 Å². The average molecular weight is 279 g/mol. The van der Waals surface area contributed by atoms with E-state index in [-0.39, 0.29) is 4.99 Å². The van der Waals surface area contributed by atoms with Crippen molar-refractivity contribution in [1.82, 2.24) is 15.0 Å². The lowest BCUT2D eigenvalue weighted by molar-refractivity contribution is 0.960. The second-order valence-corrected chi connectivity index (χ2v) is 5.07. The van der Waals surface area contributed by atoms with Gasteiger partial charge in [-0.2, -0.15) is 0 Å². The maximum atomic E-state index is 5.51. The molecular weight excluding hydrogens is 266 g/mol. The van der Waals surface area contributed by atoms with Crippen molar-refractivity contribution in [2.24, 2.45) is 5.73 Å². The lowest BCUT2D eigenvalue weighted by Gasteiger charge is -2.04. The van der Waals surface area contributed by atoms with Gasteiger partial charge in [-0.1, -0.05) is 12.2 Å². The normalized spacial score (nSPS) is 10.3. The number of rotatable bonds is 5. The first-order valence-electron chi connectivity index (χ1n) is 5.43. The van der Waals surface area contributed by atoms with Gasteiger partial charge >= 0.3 is 0 Å². The lowest BCUT2D eigenvalue weighted by atomic mass is 10.4. The predicted octanol–water partition coefficient (Wildman–Crippen LogP) is 1.53. The molecule has 0 aliphatic rings. The summed E-state index contributed by atoms with van der Waals surface area (Å²) < 4.78 is 0. The van der Waals surface area contributed by atoms with E-state index in [0.717, 1.165) is 23.7 Å². The molecule has 2 aromatic heterocycles. The summed E-state index contributed by atoms with van der Waals surface area (Å²) in [7, 11) is 0. The number of thiocarbonyl (C=S) groups is 1. The maximum Gasteiger partial charge on any atom is 0.223 e. The van der Waals surface area contributed by atoms with Gasteiger partial charge in [0.1, 0.15) is 10.7 Å². The van der Waals surface area contributed by atoms with Gasteiger partial charge in [0, 0.05) is 30.2 Å². The molecular formula is C11H13N5S2. The van der Waals surface area contributed by atoms with Gasteiger partial charge in [0.2, 0.25) is 5.95 Å². The van der Waals surface area contributed by atoms with Gasteiger partial charge in [-0.25, -0.2) is 15.0 Å². The number of thiazole rings is 1. The van der Waals surface area contributed by atoms with Crippen LogP contribution in [0, 0.1) is 6.92 Å². The molecule has 7 heteroatoms. The number of nitrogens with one attached hydrogen (secondary N) is 1. The summed E-state index contributed by atoms with van der Waals surface area (Å²) in [5.74, 6) is 0.536. The number of nitrogens with zero attached hydrogens (tertiary/aromatic N) is 3. The highest BCUT2D eigenvalue weighted by atomic mass is 32.1. The number of anilines is 1. The first-order valence-corrected chi connectivity index (χ1v) is 6.71. The molecule has 0 bridgehead atoms. The van der Waals surface area contributed by atoms with Gasteiger partial charge in [0.25, 0.3) is 0 Å². The molecule has 0 radical (unpaired) electrons. The van der Waals surface area contributed by atoms with Crippen LogP contribution in [0.4, 0.5) is 5.95 Å². The van der Waals surface area contributed by atoms with Crippen molar-refractivity contribution in [2.45, 2.75) is 13.3 Å². The van der Waals surface area contributed by atoms with Gasteiger partial charge in [-0.3, -0.25) is 0 Å². The minimum Gasteiger partial charge on any atom is -0.388 e. The highest BCUT2D eigenvalue weighted by Crippen LogP contribution is 2.09. The van der Waals surface area contributed by atoms with E-state index in [0.29, 0.717) is 11.6 Å². The molecule has 2 aromatic rings. The van der Waals surface area contributed by atoms with Crippen molar-refractivity contribution in [3.63, 3.8) is 0 Å². The fraction of sp³-hybridized carbons (Fsp3) is 0.273. The van der Waals surface area contributed by atoms with E-state index in [1.54, 1.807) is 23.6 Å². The summed E-state index contributed by atoms with van der Waals surface area (Å²) in [5, 5.41) is 6.27. The summed E-state index contributed by atoms with van der Waals surface area (Å²) >= 11 is 6.52. The molecule has 0 amide bonds. The zero-order valence-corrected chi connectivity index (χ0v) is 11.5. The topological polar surface area (TPSA) is 76.7 Å². The molecule has 2 rings (SSSR count). The minimum absolute atomic E-state index is 0.274. The van der Waals surface area contributed by atoms with E-state index >= 15 is 0 Å². The van der Waals surface area contributed by atoms with Gasteiger partial charge in [-0.05, 0) is 13.0 Å². The molecule has 0 spiro atoms. The maximum absolute atomic E-state index is 5.51. The first-order chi connectivity index (χ1) is 8.65. The van der Waals surface area contributed by atoms with Crippen LogP contribution in [0.25, 0.3) is 0 Å². The number of nitrogens with two attached hydrogens (primary N) is 1. The molecule has 3 N–H and O–H groups in total. The molecule has 0 atom stereocenters. The van der Waals surface area contributed by atoms with Crippen molar-refractivity contribution in [3.05, 3.63) is 34.0 Å². The van der Waals surface area contributed by atoms with Crippen LogP contribution in [0.1, 0.15) is 16.4 Å². The Morgan fingerprint density at radius 2 is 2.33 bits per heavy atom.